The third kappa shape index (κ3) is 6.26. The van der Waals surface area contributed by atoms with Gasteiger partial charge < -0.3 is 15.7 Å². The summed E-state index contributed by atoms with van der Waals surface area (Å²) in [5, 5.41) is 8.06. The van der Waals surface area contributed by atoms with Crippen molar-refractivity contribution in [3.05, 3.63) is 0 Å². The predicted octanol–water partition coefficient (Wildman–Crippen LogP) is -0.837. The number of phosphoric ester groups is 1. The van der Waals surface area contributed by atoms with Crippen LogP contribution >= 0.6 is 7.82 Å². The molecular weight excluding hydrogens is 189 g/mol. The molecule has 0 rings (SSSR count). The van der Waals surface area contributed by atoms with E-state index in [-0.39, 0.29) is 13.2 Å². The number of aliphatic carboxylic acids is 1. The lowest BCUT2D eigenvalue weighted by Gasteiger charge is -2.08. The van der Waals surface area contributed by atoms with Gasteiger partial charge >= 0.3 is 13.8 Å². The highest BCUT2D eigenvalue weighted by Gasteiger charge is 2.21. The summed E-state index contributed by atoms with van der Waals surface area (Å²) in [6, 6.07) is 0. The molecule has 0 saturated heterocycles. The van der Waals surface area contributed by atoms with Crippen LogP contribution in [0.25, 0.3) is 0 Å². The van der Waals surface area contributed by atoms with Gasteiger partial charge in [0.25, 0.3) is 0 Å². The topological polar surface area (TPSA) is 119 Å². The van der Waals surface area contributed by atoms with Crippen molar-refractivity contribution in [1.82, 2.24) is 0 Å². The van der Waals surface area contributed by atoms with E-state index in [0.717, 1.165) is 0 Å². The number of hydrogen-bond acceptors (Lipinski definition) is 5. The maximum Gasteiger partial charge on any atom is 0.472 e. The zero-order chi connectivity index (χ0) is 9.61. The third-order valence-corrected chi connectivity index (χ3v) is 1.69. The molecule has 1 unspecified atom stereocenters. The molecule has 0 aromatic rings. The first-order valence-electron chi connectivity index (χ1n) is 3.01. The van der Waals surface area contributed by atoms with Gasteiger partial charge in [0.15, 0.2) is 6.61 Å². The van der Waals surface area contributed by atoms with Crippen molar-refractivity contribution >= 4 is 13.8 Å². The largest absolute Gasteiger partial charge is 0.480 e. The summed E-state index contributed by atoms with van der Waals surface area (Å²) < 4.78 is 18.9. The predicted molar refractivity (Wildman–Crippen MR) is 38.4 cm³/mol. The second-order valence-corrected chi connectivity index (χ2v) is 3.21. The highest BCUT2D eigenvalue weighted by molar-refractivity contribution is 7.47. The Morgan fingerprint density at radius 1 is 1.50 bits per heavy atom. The number of rotatable bonds is 6. The quantitative estimate of drug-likeness (QED) is 0.477. The Morgan fingerprint density at radius 2 is 2.08 bits per heavy atom. The lowest BCUT2D eigenvalue weighted by molar-refractivity contribution is -0.139. The highest BCUT2D eigenvalue weighted by Crippen LogP contribution is 2.42. The van der Waals surface area contributed by atoms with Crippen LogP contribution in [0.4, 0.5) is 0 Å². The van der Waals surface area contributed by atoms with Crippen molar-refractivity contribution in [1.29, 1.82) is 0 Å². The fraction of sp³-hybridized carbons (Fsp3) is 0.750. The lowest BCUT2D eigenvalue weighted by Crippen LogP contribution is -2.10. The fourth-order valence-electron chi connectivity index (χ4n) is 0.342. The number of carboxylic acids is 1. The average molecular weight is 199 g/mol. The van der Waals surface area contributed by atoms with Crippen LogP contribution < -0.4 is 5.73 Å². The molecule has 0 amide bonds. The Kier molecular flexibility index (Phi) is 5.03. The van der Waals surface area contributed by atoms with E-state index in [2.05, 4.69) is 9.05 Å². The lowest BCUT2D eigenvalue weighted by atomic mass is 10.8. The van der Waals surface area contributed by atoms with Crippen LogP contribution in [-0.2, 0) is 18.4 Å². The van der Waals surface area contributed by atoms with E-state index in [9.17, 15) is 9.36 Å². The van der Waals surface area contributed by atoms with Crippen molar-refractivity contribution < 1.29 is 28.4 Å². The summed E-state index contributed by atoms with van der Waals surface area (Å²) in [6.45, 7) is -0.979. The van der Waals surface area contributed by atoms with Gasteiger partial charge in [-0.2, -0.15) is 0 Å². The van der Waals surface area contributed by atoms with Crippen molar-refractivity contribution in [2.45, 2.75) is 0 Å². The van der Waals surface area contributed by atoms with Gasteiger partial charge in [0.1, 0.15) is 0 Å². The van der Waals surface area contributed by atoms with Gasteiger partial charge in [0.2, 0.25) is 0 Å². The number of phosphoric acid groups is 1. The number of carbonyl (C=O) groups is 1. The van der Waals surface area contributed by atoms with Gasteiger partial charge in [-0.15, -0.1) is 0 Å². The molecule has 0 radical (unpaired) electrons. The Balaban J connectivity index is 3.71. The minimum Gasteiger partial charge on any atom is -0.480 e. The zero-order valence-corrected chi connectivity index (χ0v) is 7.07. The molecule has 0 aliphatic carbocycles. The average Bonchev–Trinajstić information content (AvgIpc) is 1.98. The Morgan fingerprint density at radius 3 is 2.50 bits per heavy atom. The fourth-order valence-corrected chi connectivity index (χ4v) is 1.03. The first-order valence-corrected chi connectivity index (χ1v) is 4.51. The van der Waals surface area contributed by atoms with Crippen LogP contribution in [-0.4, -0.2) is 35.7 Å². The van der Waals surface area contributed by atoms with Crippen LogP contribution in [0.2, 0.25) is 0 Å². The van der Waals surface area contributed by atoms with Crippen molar-refractivity contribution in [3.8, 4) is 0 Å². The van der Waals surface area contributed by atoms with Crippen LogP contribution in [0.15, 0.2) is 0 Å². The van der Waals surface area contributed by atoms with Crippen molar-refractivity contribution in [3.63, 3.8) is 0 Å². The zero-order valence-electron chi connectivity index (χ0n) is 6.17. The molecule has 1 atom stereocenters. The van der Waals surface area contributed by atoms with E-state index in [4.69, 9.17) is 15.7 Å². The molecule has 0 aliphatic heterocycles. The molecule has 7 nitrogen and oxygen atoms in total. The normalized spacial score (nSPS) is 15.5. The summed E-state index contributed by atoms with van der Waals surface area (Å²) in [4.78, 5) is 18.6. The van der Waals surface area contributed by atoms with E-state index in [1.165, 1.54) is 0 Å². The molecule has 0 aliphatic rings. The third-order valence-electron chi connectivity index (χ3n) is 0.723. The minimum atomic E-state index is -4.22. The molecule has 12 heavy (non-hydrogen) atoms. The molecule has 0 spiro atoms. The maximum atomic E-state index is 10.7. The number of carboxylic acid groups (broad SMARTS) is 1. The number of hydrogen-bond donors (Lipinski definition) is 3. The monoisotopic (exact) mass is 199 g/mol. The molecule has 0 heterocycles. The van der Waals surface area contributed by atoms with Gasteiger partial charge in [-0.3, -0.25) is 9.05 Å². The van der Waals surface area contributed by atoms with Gasteiger partial charge in [0.05, 0.1) is 6.61 Å². The van der Waals surface area contributed by atoms with E-state index in [1.54, 1.807) is 0 Å². The van der Waals surface area contributed by atoms with E-state index in [1.807, 2.05) is 0 Å². The molecule has 0 saturated carbocycles. The maximum absolute atomic E-state index is 10.7. The first kappa shape index (κ1) is 11.5. The van der Waals surface area contributed by atoms with Crippen LogP contribution in [0.5, 0.6) is 0 Å². The summed E-state index contributed by atoms with van der Waals surface area (Å²) in [5.41, 5.74) is 4.96. The molecule has 0 fully saturated rings. The molecule has 72 valence electrons. The van der Waals surface area contributed by atoms with Crippen molar-refractivity contribution in [2.75, 3.05) is 19.8 Å². The smallest absolute Gasteiger partial charge is 0.472 e. The van der Waals surface area contributed by atoms with E-state index < -0.39 is 20.4 Å². The standard InChI is InChI=1S/C4H10NO6P/c5-1-2-10-12(8,9)11-3-4(6)7/h1-3,5H2,(H,6,7)(H,8,9). The highest BCUT2D eigenvalue weighted by atomic mass is 31.2. The van der Waals surface area contributed by atoms with Gasteiger partial charge in [-0.05, 0) is 0 Å². The molecule has 0 aromatic heterocycles. The van der Waals surface area contributed by atoms with Crippen LogP contribution in [0.3, 0.4) is 0 Å². The van der Waals surface area contributed by atoms with E-state index in [0.29, 0.717) is 0 Å². The Bertz CT molecular complexity index is 194. The second-order valence-electron chi connectivity index (χ2n) is 1.76. The molecular formula is C4H10NO6P. The van der Waals surface area contributed by atoms with Crippen molar-refractivity contribution in [2.24, 2.45) is 5.73 Å². The SMILES string of the molecule is NCCOP(=O)(O)OCC(=O)O. The summed E-state index contributed by atoms with van der Waals surface area (Å²) in [7, 11) is -4.22. The van der Waals surface area contributed by atoms with Gasteiger partial charge in [-0.1, -0.05) is 0 Å². The summed E-state index contributed by atoms with van der Waals surface area (Å²) in [5.74, 6) is -1.35. The number of nitrogens with two attached hydrogens (primary N) is 1. The first-order chi connectivity index (χ1) is 5.48. The van der Waals surface area contributed by atoms with Gasteiger partial charge in [-0.25, -0.2) is 9.36 Å². The van der Waals surface area contributed by atoms with Crippen LogP contribution in [0, 0.1) is 0 Å². The van der Waals surface area contributed by atoms with E-state index >= 15 is 0 Å². The summed E-state index contributed by atoms with van der Waals surface area (Å²) in [6.07, 6.45) is 0. The van der Waals surface area contributed by atoms with Crippen LogP contribution in [0.1, 0.15) is 0 Å². The Hall–Kier alpha value is -0.460. The Labute approximate surface area is 68.7 Å². The molecule has 4 N–H and O–H groups in total. The molecule has 0 aromatic carbocycles. The van der Waals surface area contributed by atoms with Gasteiger partial charge in [0, 0.05) is 6.54 Å². The summed E-state index contributed by atoms with van der Waals surface area (Å²) >= 11 is 0. The molecule has 0 bridgehead atoms. The second kappa shape index (κ2) is 5.23. The minimum absolute atomic E-state index is 0.0565. The molecule has 8 heteroatoms.